The Morgan fingerprint density at radius 2 is 1.52 bits per heavy atom. The van der Waals surface area contributed by atoms with E-state index in [0.29, 0.717) is 6.42 Å². The van der Waals surface area contributed by atoms with Crippen molar-refractivity contribution in [3.05, 3.63) is 71.8 Å². The van der Waals surface area contributed by atoms with E-state index in [1.807, 2.05) is 86.3 Å². The van der Waals surface area contributed by atoms with E-state index in [1.54, 1.807) is 0 Å². The molecule has 2 atom stereocenters. The van der Waals surface area contributed by atoms with Gasteiger partial charge in [-0.05, 0) is 64.5 Å². The number of hydrogen-bond donors (Lipinski definition) is 1. The number of carbonyl (C=O) groups is 2. The fourth-order valence-corrected chi connectivity index (χ4v) is 4.81. The van der Waals surface area contributed by atoms with Gasteiger partial charge in [-0.3, -0.25) is 4.90 Å². The smallest absolute Gasteiger partial charge is 0.410 e. The van der Waals surface area contributed by atoms with Crippen LogP contribution in [0.15, 0.2) is 60.7 Å². The van der Waals surface area contributed by atoms with Crippen molar-refractivity contribution in [2.24, 2.45) is 0 Å². The minimum Gasteiger partial charge on any atom is -0.445 e. The Kier molecular flexibility index (Phi) is 8.01. The lowest BCUT2D eigenvalue weighted by atomic mass is 9.77. The maximum atomic E-state index is 13.2. The Morgan fingerprint density at radius 3 is 2.06 bits per heavy atom. The van der Waals surface area contributed by atoms with Crippen LogP contribution < -0.4 is 5.32 Å². The molecule has 6 nitrogen and oxygen atoms in total. The summed E-state index contributed by atoms with van der Waals surface area (Å²) in [5.41, 5.74) is 1.02. The summed E-state index contributed by atoms with van der Waals surface area (Å²) in [5.74, 6) is 0. The van der Waals surface area contributed by atoms with E-state index in [0.717, 1.165) is 30.4 Å². The molecule has 0 radical (unpaired) electrons. The zero-order valence-electron chi connectivity index (χ0n) is 20.2. The van der Waals surface area contributed by atoms with E-state index in [4.69, 9.17) is 9.47 Å². The average molecular weight is 453 g/mol. The third-order valence-electron chi connectivity index (χ3n) is 6.09. The van der Waals surface area contributed by atoms with E-state index in [1.165, 1.54) is 0 Å². The largest absolute Gasteiger partial charge is 0.445 e. The molecule has 0 saturated heterocycles. The number of nitrogens with one attached hydrogen (secondary N) is 1. The van der Waals surface area contributed by atoms with Crippen molar-refractivity contribution in [1.29, 1.82) is 0 Å². The zero-order valence-corrected chi connectivity index (χ0v) is 20.2. The predicted octanol–water partition coefficient (Wildman–Crippen LogP) is 6.05. The summed E-state index contributed by atoms with van der Waals surface area (Å²) < 4.78 is 11.1. The Labute approximate surface area is 197 Å². The normalized spacial score (nSPS) is 20.5. The summed E-state index contributed by atoms with van der Waals surface area (Å²) >= 11 is 0. The van der Waals surface area contributed by atoms with Gasteiger partial charge in [-0.15, -0.1) is 0 Å². The zero-order chi connectivity index (χ0) is 23.9. The summed E-state index contributed by atoms with van der Waals surface area (Å²) in [4.78, 5) is 27.5. The fraction of sp³-hybridized carbons (Fsp3) is 0.481. The second kappa shape index (κ2) is 10.7. The second-order valence-electron chi connectivity index (χ2n) is 10.0. The maximum Gasteiger partial charge on any atom is 0.410 e. The van der Waals surface area contributed by atoms with Crippen LogP contribution in [0.5, 0.6) is 0 Å². The third kappa shape index (κ3) is 6.98. The molecule has 1 saturated carbocycles. The van der Waals surface area contributed by atoms with Gasteiger partial charge >= 0.3 is 12.2 Å². The van der Waals surface area contributed by atoms with Gasteiger partial charge < -0.3 is 14.8 Å². The first-order valence-corrected chi connectivity index (χ1v) is 11.7. The number of nitrogens with zero attached hydrogens (tertiary/aromatic N) is 1. The van der Waals surface area contributed by atoms with Crippen LogP contribution in [-0.2, 0) is 22.7 Å². The van der Waals surface area contributed by atoms with Gasteiger partial charge in [-0.1, -0.05) is 60.7 Å². The maximum absolute atomic E-state index is 13.2. The number of rotatable bonds is 6. The molecule has 0 unspecified atom stereocenters. The highest BCUT2D eigenvalue weighted by Crippen LogP contribution is 2.38. The molecular weight excluding hydrogens is 416 g/mol. The molecule has 1 aliphatic rings. The van der Waals surface area contributed by atoms with Crippen LogP contribution in [0.2, 0.25) is 0 Å². The van der Waals surface area contributed by atoms with Gasteiger partial charge in [0, 0.05) is 17.1 Å². The molecule has 6 heteroatoms. The van der Waals surface area contributed by atoms with Gasteiger partial charge in [0.2, 0.25) is 0 Å². The standard InChI is InChI=1S/C27H36N2O4/c1-26(2,3)29(25(31)33-20-22-14-9-6-10-15-22)27(4)17-11-16-23(18-27)28-24(30)32-19-21-12-7-5-8-13-21/h5-10,12-15,23H,11,16-20H2,1-4H3,(H,28,30)/t23-,27+/m0/s1. The van der Waals surface area contributed by atoms with Crippen LogP contribution in [0.4, 0.5) is 9.59 Å². The SMILES string of the molecule is CC(C)(C)N(C(=O)OCc1ccccc1)[C@]1(C)CCC[C@H](NC(=O)OCc2ccccc2)C1. The van der Waals surface area contributed by atoms with E-state index >= 15 is 0 Å². The first kappa shape index (κ1) is 24.6. The van der Waals surface area contributed by atoms with Gasteiger partial charge in [-0.25, -0.2) is 9.59 Å². The Bertz CT molecular complexity index is 911. The molecule has 0 bridgehead atoms. The van der Waals surface area contributed by atoms with Gasteiger partial charge in [0.05, 0.1) is 0 Å². The Hall–Kier alpha value is -3.02. The van der Waals surface area contributed by atoms with Crippen LogP contribution >= 0.6 is 0 Å². The summed E-state index contributed by atoms with van der Waals surface area (Å²) in [7, 11) is 0. The third-order valence-corrected chi connectivity index (χ3v) is 6.09. The summed E-state index contributed by atoms with van der Waals surface area (Å²) in [6.45, 7) is 8.62. The van der Waals surface area contributed by atoms with Gasteiger partial charge in [0.15, 0.2) is 0 Å². The molecule has 0 aliphatic heterocycles. The minimum absolute atomic E-state index is 0.0706. The number of benzene rings is 2. The van der Waals surface area contributed by atoms with E-state index < -0.39 is 17.2 Å². The van der Waals surface area contributed by atoms with E-state index in [-0.39, 0.29) is 25.3 Å². The van der Waals surface area contributed by atoms with Crippen molar-refractivity contribution in [3.63, 3.8) is 0 Å². The van der Waals surface area contributed by atoms with Crippen molar-refractivity contribution >= 4 is 12.2 Å². The molecule has 1 fully saturated rings. The van der Waals surface area contributed by atoms with E-state index in [9.17, 15) is 9.59 Å². The van der Waals surface area contributed by atoms with Crippen molar-refractivity contribution in [3.8, 4) is 0 Å². The molecule has 1 aliphatic carbocycles. The van der Waals surface area contributed by atoms with Gasteiger partial charge in [0.1, 0.15) is 13.2 Å². The lowest BCUT2D eigenvalue weighted by Gasteiger charge is -2.51. The first-order valence-electron chi connectivity index (χ1n) is 11.7. The van der Waals surface area contributed by atoms with Crippen molar-refractivity contribution in [2.45, 2.75) is 83.7 Å². The van der Waals surface area contributed by atoms with Gasteiger partial charge in [-0.2, -0.15) is 0 Å². The molecule has 2 aromatic rings. The van der Waals surface area contributed by atoms with Crippen LogP contribution in [0.3, 0.4) is 0 Å². The second-order valence-corrected chi connectivity index (χ2v) is 10.0. The molecule has 33 heavy (non-hydrogen) atoms. The number of carbonyl (C=O) groups excluding carboxylic acids is 2. The molecule has 0 aromatic heterocycles. The van der Waals surface area contributed by atoms with Crippen molar-refractivity contribution < 1.29 is 19.1 Å². The number of amides is 2. The number of alkyl carbamates (subject to hydrolysis) is 1. The quantitative estimate of drug-likeness (QED) is 0.579. The lowest BCUT2D eigenvalue weighted by molar-refractivity contribution is -0.0177. The Morgan fingerprint density at radius 1 is 0.970 bits per heavy atom. The number of ether oxygens (including phenoxy) is 2. The molecule has 2 aromatic carbocycles. The lowest BCUT2D eigenvalue weighted by Crippen LogP contribution is -2.61. The average Bonchev–Trinajstić information content (AvgIpc) is 2.76. The van der Waals surface area contributed by atoms with Crippen molar-refractivity contribution in [1.82, 2.24) is 10.2 Å². The highest BCUT2D eigenvalue weighted by atomic mass is 16.6. The predicted molar refractivity (Wildman–Crippen MR) is 129 cm³/mol. The van der Waals surface area contributed by atoms with Crippen LogP contribution in [0.25, 0.3) is 0 Å². The van der Waals surface area contributed by atoms with Crippen LogP contribution in [0, 0.1) is 0 Å². The number of hydrogen-bond acceptors (Lipinski definition) is 4. The summed E-state index contributed by atoms with van der Waals surface area (Å²) in [6, 6.07) is 19.2. The summed E-state index contributed by atoms with van der Waals surface area (Å²) in [5, 5.41) is 3.01. The monoisotopic (exact) mass is 452 g/mol. The Balaban J connectivity index is 1.62. The van der Waals surface area contributed by atoms with Crippen molar-refractivity contribution in [2.75, 3.05) is 0 Å². The summed E-state index contributed by atoms with van der Waals surface area (Å²) in [6.07, 6.45) is 2.49. The highest BCUT2D eigenvalue weighted by molar-refractivity contribution is 5.70. The fourth-order valence-electron chi connectivity index (χ4n) is 4.81. The molecule has 2 amide bonds. The van der Waals surface area contributed by atoms with Gasteiger partial charge in [0.25, 0.3) is 0 Å². The topological polar surface area (TPSA) is 67.9 Å². The molecule has 3 rings (SSSR count). The molecular formula is C27H36N2O4. The first-order chi connectivity index (χ1) is 15.7. The molecule has 1 N–H and O–H groups in total. The molecule has 0 heterocycles. The van der Waals surface area contributed by atoms with E-state index in [2.05, 4.69) is 12.2 Å². The molecule has 0 spiro atoms. The van der Waals surface area contributed by atoms with Crippen LogP contribution in [-0.4, -0.2) is 34.2 Å². The molecule has 178 valence electrons. The van der Waals surface area contributed by atoms with Crippen LogP contribution in [0.1, 0.15) is 64.5 Å². The minimum atomic E-state index is -0.443. The highest BCUT2D eigenvalue weighted by Gasteiger charge is 2.46.